The quantitative estimate of drug-likeness (QED) is 0.650. The van der Waals surface area contributed by atoms with Crippen molar-refractivity contribution in [1.29, 1.82) is 0 Å². The molecular formula is C20H18F3N5O2. The van der Waals surface area contributed by atoms with Crippen LogP contribution in [0.2, 0.25) is 0 Å². The Morgan fingerprint density at radius 3 is 2.57 bits per heavy atom. The summed E-state index contributed by atoms with van der Waals surface area (Å²) in [6.07, 6.45) is -3.27. The van der Waals surface area contributed by atoms with Crippen LogP contribution in [-0.4, -0.2) is 64.7 Å². The van der Waals surface area contributed by atoms with Crippen LogP contribution in [-0.2, 0) is 0 Å². The highest BCUT2D eigenvalue weighted by Gasteiger charge is 2.29. The predicted octanol–water partition coefficient (Wildman–Crippen LogP) is 2.93. The lowest BCUT2D eigenvalue weighted by Gasteiger charge is -2.35. The number of halogens is 3. The fraction of sp³-hybridized carbons (Fsp3) is 0.300. The average Bonchev–Trinajstić information content (AvgIpc) is 2.77. The van der Waals surface area contributed by atoms with Crippen molar-refractivity contribution in [3.63, 3.8) is 0 Å². The lowest BCUT2D eigenvalue weighted by Crippen LogP contribution is -2.49. The third-order valence-electron chi connectivity index (χ3n) is 4.72. The number of rotatable bonds is 4. The van der Waals surface area contributed by atoms with E-state index in [2.05, 4.69) is 19.7 Å². The molecule has 1 aliphatic heterocycles. The van der Waals surface area contributed by atoms with Crippen molar-refractivity contribution in [2.75, 3.05) is 37.7 Å². The number of piperazine rings is 1. The smallest absolute Gasteiger partial charge is 0.422 e. The van der Waals surface area contributed by atoms with Crippen LogP contribution in [0, 0.1) is 0 Å². The molecule has 1 aliphatic rings. The zero-order valence-corrected chi connectivity index (χ0v) is 15.8. The molecule has 0 aliphatic carbocycles. The number of benzene rings is 1. The van der Waals surface area contributed by atoms with E-state index in [1.165, 1.54) is 6.07 Å². The first-order valence-electron chi connectivity index (χ1n) is 9.31. The lowest BCUT2D eigenvalue weighted by molar-refractivity contribution is -0.154. The number of carbonyl (C=O) groups excluding carboxylic acids is 1. The van der Waals surface area contributed by atoms with Gasteiger partial charge in [0.25, 0.3) is 5.91 Å². The summed E-state index contributed by atoms with van der Waals surface area (Å²) in [5.74, 6) is 0.159. The van der Waals surface area contributed by atoms with Gasteiger partial charge in [0.1, 0.15) is 17.8 Å². The molecule has 0 atom stereocenters. The highest BCUT2D eigenvalue weighted by molar-refractivity contribution is 5.95. The van der Waals surface area contributed by atoms with Crippen LogP contribution in [0.4, 0.5) is 19.0 Å². The number of carbonyl (C=O) groups is 1. The molecule has 7 nitrogen and oxygen atoms in total. The molecule has 0 radical (unpaired) electrons. The van der Waals surface area contributed by atoms with Crippen molar-refractivity contribution < 1.29 is 22.7 Å². The molecule has 4 rings (SSSR count). The number of nitrogens with zero attached hydrogens (tertiary/aromatic N) is 5. The molecule has 0 unspecified atom stereocenters. The number of amides is 1. The number of para-hydroxylation sites is 1. The van der Waals surface area contributed by atoms with E-state index in [-0.39, 0.29) is 11.8 Å². The molecule has 1 saturated heterocycles. The zero-order chi connectivity index (χ0) is 21.1. The maximum Gasteiger partial charge on any atom is 0.422 e. The Morgan fingerprint density at radius 2 is 1.80 bits per heavy atom. The topological polar surface area (TPSA) is 71.5 Å². The average molecular weight is 417 g/mol. The van der Waals surface area contributed by atoms with Crippen LogP contribution < -0.4 is 9.64 Å². The Kier molecular flexibility index (Phi) is 5.39. The summed E-state index contributed by atoms with van der Waals surface area (Å²) in [6.45, 7) is 0.431. The van der Waals surface area contributed by atoms with Gasteiger partial charge in [0, 0.05) is 37.6 Å². The second kappa shape index (κ2) is 8.13. The van der Waals surface area contributed by atoms with Crippen molar-refractivity contribution in [2.45, 2.75) is 6.18 Å². The molecule has 0 spiro atoms. The summed E-state index contributed by atoms with van der Waals surface area (Å²) in [6, 6.07) is 12.5. The number of anilines is 1. The van der Waals surface area contributed by atoms with Crippen LogP contribution in [0.3, 0.4) is 0 Å². The van der Waals surface area contributed by atoms with Crippen LogP contribution in [0.1, 0.15) is 10.5 Å². The first-order valence-corrected chi connectivity index (χ1v) is 9.31. The van der Waals surface area contributed by atoms with E-state index in [9.17, 15) is 18.0 Å². The minimum atomic E-state index is -4.44. The van der Waals surface area contributed by atoms with Crippen LogP contribution in [0.5, 0.6) is 5.88 Å². The fourth-order valence-electron chi connectivity index (χ4n) is 3.22. The molecule has 0 saturated carbocycles. The highest BCUT2D eigenvalue weighted by atomic mass is 19.4. The Morgan fingerprint density at radius 1 is 1.03 bits per heavy atom. The number of fused-ring (bicyclic) bond motifs is 1. The first kappa shape index (κ1) is 19.9. The van der Waals surface area contributed by atoms with Crippen molar-refractivity contribution >= 4 is 22.6 Å². The predicted molar refractivity (Wildman–Crippen MR) is 103 cm³/mol. The van der Waals surface area contributed by atoms with Crippen LogP contribution in [0.25, 0.3) is 10.9 Å². The van der Waals surface area contributed by atoms with Gasteiger partial charge < -0.3 is 14.5 Å². The largest absolute Gasteiger partial charge is 0.468 e. The summed E-state index contributed by atoms with van der Waals surface area (Å²) >= 11 is 0. The summed E-state index contributed by atoms with van der Waals surface area (Å²) in [5, 5.41) is 0.964. The second-order valence-electron chi connectivity index (χ2n) is 6.79. The summed E-state index contributed by atoms with van der Waals surface area (Å²) < 4.78 is 41.6. The van der Waals surface area contributed by atoms with Gasteiger partial charge in [-0.2, -0.15) is 13.2 Å². The zero-order valence-electron chi connectivity index (χ0n) is 15.8. The molecule has 10 heteroatoms. The fourth-order valence-corrected chi connectivity index (χ4v) is 3.22. The number of pyridine rings is 1. The third-order valence-corrected chi connectivity index (χ3v) is 4.72. The third kappa shape index (κ3) is 4.58. The molecular weight excluding hydrogens is 399 g/mol. The SMILES string of the molecule is O=C(c1ccc2ccccc2n1)N1CCN(c2cc(OCC(F)(F)F)ncn2)CC1. The van der Waals surface area contributed by atoms with Gasteiger partial charge >= 0.3 is 6.18 Å². The maximum atomic E-state index is 12.8. The molecule has 1 fully saturated rings. The van der Waals surface area contributed by atoms with Gasteiger partial charge in [0.15, 0.2) is 6.61 Å². The lowest BCUT2D eigenvalue weighted by atomic mass is 10.2. The van der Waals surface area contributed by atoms with E-state index >= 15 is 0 Å². The normalized spacial score (nSPS) is 14.8. The van der Waals surface area contributed by atoms with E-state index in [4.69, 9.17) is 0 Å². The molecule has 2 aromatic heterocycles. The monoisotopic (exact) mass is 417 g/mol. The van der Waals surface area contributed by atoms with Crippen molar-refractivity contribution in [3.05, 3.63) is 54.5 Å². The van der Waals surface area contributed by atoms with Gasteiger partial charge in [-0.15, -0.1) is 0 Å². The maximum absolute atomic E-state index is 12.8. The molecule has 1 aromatic carbocycles. The van der Waals surface area contributed by atoms with Crippen LogP contribution >= 0.6 is 0 Å². The van der Waals surface area contributed by atoms with E-state index in [0.29, 0.717) is 37.7 Å². The van der Waals surface area contributed by atoms with E-state index in [1.54, 1.807) is 11.0 Å². The minimum Gasteiger partial charge on any atom is -0.468 e. The Bertz CT molecular complexity index is 1050. The van der Waals surface area contributed by atoms with Gasteiger partial charge in [-0.1, -0.05) is 24.3 Å². The van der Waals surface area contributed by atoms with Gasteiger partial charge in [-0.25, -0.2) is 15.0 Å². The summed E-state index contributed by atoms with van der Waals surface area (Å²) in [4.78, 5) is 28.7. The van der Waals surface area contributed by atoms with E-state index < -0.39 is 12.8 Å². The summed E-state index contributed by atoms with van der Waals surface area (Å²) in [5.41, 5.74) is 1.14. The number of ether oxygens (including phenoxy) is 1. The number of hydrogen-bond donors (Lipinski definition) is 0. The van der Waals surface area contributed by atoms with Crippen molar-refractivity contribution in [2.24, 2.45) is 0 Å². The molecule has 30 heavy (non-hydrogen) atoms. The number of alkyl halides is 3. The first-order chi connectivity index (χ1) is 14.4. The Hall–Kier alpha value is -3.43. The Balaban J connectivity index is 1.39. The number of aromatic nitrogens is 3. The van der Waals surface area contributed by atoms with Crippen molar-refractivity contribution in [3.8, 4) is 5.88 Å². The molecule has 1 amide bonds. The minimum absolute atomic E-state index is 0.142. The van der Waals surface area contributed by atoms with Gasteiger partial charge in [0.2, 0.25) is 5.88 Å². The van der Waals surface area contributed by atoms with Gasteiger partial charge in [0.05, 0.1) is 5.52 Å². The summed E-state index contributed by atoms with van der Waals surface area (Å²) in [7, 11) is 0. The molecule has 156 valence electrons. The molecule has 0 N–H and O–H groups in total. The standard InChI is InChI=1S/C20H18F3N5O2/c21-20(22,23)12-30-18-11-17(24-13-25-18)27-7-9-28(10-8-27)19(29)16-6-5-14-3-1-2-4-15(14)26-16/h1-6,11,13H,7-10,12H2. The van der Waals surface area contributed by atoms with E-state index in [1.807, 2.05) is 35.2 Å². The van der Waals surface area contributed by atoms with Gasteiger partial charge in [-0.05, 0) is 12.1 Å². The molecule has 3 aromatic rings. The van der Waals surface area contributed by atoms with E-state index in [0.717, 1.165) is 17.2 Å². The van der Waals surface area contributed by atoms with Crippen LogP contribution in [0.15, 0.2) is 48.8 Å². The van der Waals surface area contributed by atoms with Crippen molar-refractivity contribution in [1.82, 2.24) is 19.9 Å². The second-order valence-corrected chi connectivity index (χ2v) is 6.79. The van der Waals surface area contributed by atoms with Gasteiger partial charge in [-0.3, -0.25) is 4.79 Å². The Labute approximate surface area is 170 Å². The molecule has 3 heterocycles. The highest BCUT2D eigenvalue weighted by Crippen LogP contribution is 2.21. The number of hydrogen-bond acceptors (Lipinski definition) is 6. The molecule has 0 bridgehead atoms.